The van der Waals surface area contributed by atoms with Gasteiger partial charge in [0.05, 0.1) is 0 Å². The van der Waals surface area contributed by atoms with E-state index >= 15 is 0 Å². The fourth-order valence-electron chi connectivity index (χ4n) is 1.73. The summed E-state index contributed by atoms with van der Waals surface area (Å²) in [5.74, 6) is 0.0919. The lowest BCUT2D eigenvalue weighted by Gasteiger charge is -2.19. The highest BCUT2D eigenvalue weighted by molar-refractivity contribution is 7.11. The molecule has 0 aromatic carbocycles. The molecule has 3 nitrogen and oxygen atoms in total. The van der Waals surface area contributed by atoms with Gasteiger partial charge >= 0.3 is 0 Å². The molecule has 18 heavy (non-hydrogen) atoms. The van der Waals surface area contributed by atoms with Crippen LogP contribution in [0.2, 0.25) is 0 Å². The molecule has 4 heteroatoms. The lowest BCUT2D eigenvalue weighted by Crippen LogP contribution is -2.37. The average molecular weight is 268 g/mol. The van der Waals surface area contributed by atoms with E-state index in [1.807, 2.05) is 20.8 Å². The van der Waals surface area contributed by atoms with E-state index in [0.29, 0.717) is 12.8 Å². The monoisotopic (exact) mass is 268 g/mol. The van der Waals surface area contributed by atoms with Crippen LogP contribution in [0, 0.1) is 6.92 Å². The van der Waals surface area contributed by atoms with Gasteiger partial charge in [-0.2, -0.15) is 0 Å². The molecule has 0 spiro atoms. The van der Waals surface area contributed by atoms with Gasteiger partial charge in [0, 0.05) is 34.2 Å². The topological polar surface area (TPSA) is 55.1 Å². The first-order valence-corrected chi connectivity index (χ1v) is 7.21. The number of aryl methyl sites for hydroxylation is 1. The Hall–Kier alpha value is -0.870. The summed E-state index contributed by atoms with van der Waals surface area (Å²) in [5.41, 5.74) is 5.59. The van der Waals surface area contributed by atoms with Crippen LogP contribution < -0.4 is 11.1 Å². The van der Waals surface area contributed by atoms with Crippen molar-refractivity contribution in [2.45, 2.75) is 58.5 Å². The van der Waals surface area contributed by atoms with Gasteiger partial charge in [-0.15, -0.1) is 11.3 Å². The Morgan fingerprint density at radius 2 is 2.17 bits per heavy atom. The Bertz CT molecular complexity index is 393. The van der Waals surface area contributed by atoms with Crippen LogP contribution >= 0.6 is 11.3 Å². The molecule has 0 bridgehead atoms. The summed E-state index contributed by atoms with van der Waals surface area (Å²) in [6, 6.07) is 4.42. The molecule has 1 rings (SSSR count). The highest BCUT2D eigenvalue weighted by Gasteiger charge is 2.14. The first kappa shape index (κ1) is 15.2. The SMILES string of the molecule is Cc1ccc(CC(C)NC(=O)CCC(C)(C)N)s1. The number of nitrogens with one attached hydrogen (secondary N) is 1. The summed E-state index contributed by atoms with van der Waals surface area (Å²) in [7, 11) is 0. The summed E-state index contributed by atoms with van der Waals surface area (Å²) in [5, 5.41) is 3.02. The summed E-state index contributed by atoms with van der Waals surface area (Å²) in [6.45, 7) is 8.03. The number of amides is 1. The van der Waals surface area contributed by atoms with Gasteiger partial charge in [-0.1, -0.05) is 0 Å². The number of hydrogen-bond donors (Lipinski definition) is 2. The van der Waals surface area contributed by atoms with E-state index in [9.17, 15) is 4.79 Å². The minimum absolute atomic E-state index is 0.0919. The normalized spacial score (nSPS) is 13.4. The third-order valence-electron chi connectivity index (χ3n) is 2.71. The van der Waals surface area contributed by atoms with Gasteiger partial charge in [0.15, 0.2) is 0 Å². The van der Waals surface area contributed by atoms with E-state index in [4.69, 9.17) is 5.73 Å². The maximum absolute atomic E-state index is 11.7. The minimum Gasteiger partial charge on any atom is -0.353 e. The van der Waals surface area contributed by atoms with Crippen molar-refractivity contribution in [2.24, 2.45) is 5.73 Å². The Kier molecular flexibility index (Phi) is 5.35. The van der Waals surface area contributed by atoms with Crippen molar-refractivity contribution in [1.29, 1.82) is 0 Å². The van der Waals surface area contributed by atoms with Gasteiger partial charge in [0.1, 0.15) is 0 Å². The lowest BCUT2D eigenvalue weighted by molar-refractivity contribution is -0.122. The van der Waals surface area contributed by atoms with Crippen molar-refractivity contribution >= 4 is 17.2 Å². The van der Waals surface area contributed by atoms with Gasteiger partial charge in [-0.25, -0.2) is 0 Å². The van der Waals surface area contributed by atoms with Gasteiger partial charge in [0.25, 0.3) is 0 Å². The summed E-state index contributed by atoms with van der Waals surface area (Å²) < 4.78 is 0. The summed E-state index contributed by atoms with van der Waals surface area (Å²) in [4.78, 5) is 14.4. The van der Waals surface area contributed by atoms with Gasteiger partial charge < -0.3 is 11.1 Å². The fourth-order valence-corrected chi connectivity index (χ4v) is 2.75. The molecule has 3 N–H and O–H groups in total. The number of carbonyl (C=O) groups is 1. The Morgan fingerprint density at radius 1 is 1.50 bits per heavy atom. The Labute approximate surface area is 114 Å². The van der Waals surface area contributed by atoms with Crippen LogP contribution in [-0.4, -0.2) is 17.5 Å². The molecule has 0 saturated heterocycles. The van der Waals surface area contributed by atoms with Crippen LogP contribution in [0.3, 0.4) is 0 Å². The van der Waals surface area contributed by atoms with Crippen LogP contribution in [0.5, 0.6) is 0 Å². The maximum Gasteiger partial charge on any atom is 0.220 e. The predicted molar refractivity (Wildman–Crippen MR) is 77.9 cm³/mol. The molecule has 1 heterocycles. The second-order valence-electron chi connectivity index (χ2n) is 5.67. The lowest BCUT2D eigenvalue weighted by atomic mass is 10.00. The maximum atomic E-state index is 11.7. The van der Waals surface area contributed by atoms with Crippen molar-refractivity contribution in [3.05, 3.63) is 21.9 Å². The van der Waals surface area contributed by atoms with Gasteiger partial charge in [-0.3, -0.25) is 4.79 Å². The van der Waals surface area contributed by atoms with E-state index in [0.717, 1.165) is 6.42 Å². The highest BCUT2D eigenvalue weighted by Crippen LogP contribution is 2.16. The molecule has 0 saturated carbocycles. The Balaban J connectivity index is 2.31. The zero-order valence-corrected chi connectivity index (χ0v) is 12.6. The van der Waals surface area contributed by atoms with Crippen LogP contribution in [0.15, 0.2) is 12.1 Å². The van der Waals surface area contributed by atoms with Crippen molar-refractivity contribution in [3.8, 4) is 0 Å². The quantitative estimate of drug-likeness (QED) is 0.833. The number of thiophene rings is 1. The van der Waals surface area contributed by atoms with Crippen LogP contribution in [0.25, 0.3) is 0 Å². The van der Waals surface area contributed by atoms with E-state index in [1.54, 1.807) is 11.3 Å². The van der Waals surface area contributed by atoms with Crippen LogP contribution in [0.1, 0.15) is 43.4 Å². The predicted octanol–water partition coefficient (Wildman–Crippen LogP) is 2.62. The van der Waals surface area contributed by atoms with Crippen molar-refractivity contribution in [2.75, 3.05) is 0 Å². The highest BCUT2D eigenvalue weighted by atomic mass is 32.1. The van der Waals surface area contributed by atoms with Crippen LogP contribution in [0.4, 0.5) is 0 Å². The molecule has 102 valence electrons. The van der Waals surface area contributed by atoms with E-state index < -0.39 is 0 Å². The zero-order valence-electron chi connectivity index (χ0n) is 11.7. The molecular weight excluding hydrogens is 244 g/mol. The second kappa shape index (κ2) is 6.34. The molecule has 0 aliphatic heterocycles. The van der Waals surface area contributed by atoms with Gasteiger partial charge in [0.2, 0.25) is 5.91 Å². The third-order valence-corrected chi connectivity index (χ3v) is 3.73. The fraction of sp³-hybridized carbons (Fsp3) is 0.643. The standard InChI is InChI=1S/C14H24N2OS/c1-10(9-12-6-5-11(2)18-12)16-13(17)7-8-14(3,4)15/h5-6,10H,7-9,15H2,1-4H3,(H,16,17). The Morgan fingerprint density at radius 3 is 2.67 bits per heavy atom. The van der Waals surface area contributed by atoms with E-state index in [-0.39, 0.29) is 17.5 Å². The number of hydrogen-bond acceptors (Lipinski definition) is 3. The zero-order chi connectivity index (χ0) is 13.8. The molecule has 1 aromatic heterocycles. The third kappa shape index (κ3) is 6.17. The number of carbonyl (C=O) groups excluding carboxylic acids is 1. The van der Waals surface area contributed by atoms with Crippen molar-refractivity contribution < 1.29 is 4.79 Å². The van der Waals surface area contributed by atoms with E-state index in [2.05, 4.69) is 24.4 Å². The van der Waals surface area contributed by atoms with E-state index in [1.165, 1.54) is 9.75 Å². The second-order valence-corrected chi connectivity index (χ2v) is 7.05. The first-order chi connectivity index (χ1) is 8.26. The average Bonchev–Trinajstić information content (AvgIpc) is 2.59. The largest absolute Gasteiger partial charge is 0.353 e. The molecule has 1 atom stereocenters. The molecule has 1 aromatic rings. The molecule has 0 radical (unpaired) electrons. The molecule has 1 amide bonds. The summed E-state index contributed by atoms with van der Waals surface area (Å²) >= 11 is 1.79. The molecule has 0 aliphatic carbocycles. The number of nitrogens with two attached hydrogens (primary N) is 1. The van der Waals surface area contributed by atoms with Crippen molar-refractivity contribution in [3.63, 3.8) is 0 Å². The number of rotatable bonds is 6. The van der Waals surface area contributed by atoms with Gasteiger partial charge in [-0.05, 0) is 46.2 Å². The molecule has 0 aliphatic rings. The molecule has 1 unspecified atom stereocenters. The first-order valence-electron chi connectivity index (χ1n) is 6.40. The van der Waals surface area contributed by atoms with Crippen LogP contribution in [-0.2, 0) is 11.2 Å². The minimum atomic E-state index is -0.272. The molecular formula is C14H24N2OS. The summed E-state index contributed by atoms with van der Waals surface area (Å²) in [6.07, 6.45) is 2.11. The smallest absolute Gasteiger partial charge is 0.220 e. The molecule has 0 fully saturated rings. The van der Waals surface area contributed by atoms with Crippen molar-refractivity contribution in [1.82, 2.24) is 5.32 Å².